The maximum atomic E-state index is 6.08. The van der Waals surface area contributed by atoms with Gasteiger partial charge in [0.05, 0.1) is 25.5 Å². The summed E-state index contributed by atoms with van der Waals surface area (Å²) >= 11 is 0. The molecular formula is C16H29N3O2. The Bertz CT molecular complexity index is 441. The second-order valence-corrected chi connectivity index (χ2v) is 5.93. The van der Waals surface area contributed by atoms with Gasteiger partial charge in [0, 0.05) is 12.6 Å². The summed E-state index contributed by atoms with van der Waals surface area (Å²) in [6.07, 6.45) is 4.52. The van der Waals surface area contributed by atoms with E-state index in [1.54, 1.807) is 7.11 Å². The lowest BCUT2D eigenvalue weighted by atomic mass is 10.0. The second kappa shape index (κ2) is 7.27. The van der Waals surface area contributed by atoms with Crippen molar-refractivity contribution in [2.45, 2.75) is 58.7 Å². The quantitative estimate of drug-likeness (QED) is 0.761. The molecule has 5 nitrogen and oxygen atoms in total. The van der Waals surface area contributed by atoms with Crippen LogP contribution in [0.15, 0.2) is 6.20 Å². The van der Waals surface area contributed by atoms with Crippen molar-refractivity contribution in [2.75, 3.05) is 20.3 Å². The van der Waals surface area contributed by atoms with Gasteiger partial charge in [0.2, 0.25) is 0 Å². The van der Waals surface area contributed by atoms with Gasteiger partial charge < -0.3 is 14.8 Å². The van der Waals surface area contributed by atoms with Crippen LogP contribution in [0.25, 0.3) is 0 Å². The minimum absolute atomic E-state index is 0.127. The Morgan fingerprint density at radius 2 is 2.10 bits per heavy atom. The number of methoxy groups -OCH3 is 1. The summed E-state index contributed by atoms with van der Waals surface area (Å²) in [7, 11) is 1.71. The van der Waals surface area contributed by atoms with Gasteiger partial charge in [0.25, 0.3) is 0 Å². The molecule has 5 heteroatoms. The van der Waals surface area contributed by atoms with E-state index >= 15 is 0 Å². The molecule has 1 saturated carbocycles. The van der Waals surface area contributed by atoms with E-state index in [1.807, 2.05) is 6.20 Å². The van der Waals surface area contributed by atoms with E-state index in [-0.39, 0.29) is 12.1 Å². The first kappa shape index (κ1) is 16.3. The molecule has 2 atom stereocenters. The van der Waals surface area contributed by atoms with E-state index in [4.69, 9.17) is 9.47 Å². The first-order valence-electron chi connectivity index (χ1n) is 8.10. The van der Waals surface area contributed by atoms with Gasteiger partial charge in [-0.3, -0.25) is 4.68 Å². The van der Waals surface area contributed by atoms with Gasteiger partial charge in [0.1, 0.15) is 5.69 Å². The van der Waals surface area contributed by atoms with Crippen LogP contribution in [0, 0.1) is 5.92 Å². The molecule has 0 radical (unpaired) electrons. The molecule has 1 aromatic heterocycles. The first-order chi connectivity index (χ1) is 10.1. The molecule has 2 unspecified atom stereocenters. The maximum Gasteiger partial charge on any atom is 0.161 e. The van der Waals surface area contributed by atoms with Crippen molar-refractivity contribution in [2.24, 2.45) is 5.92 Å². The van der Waals surface area contributed by atoms with Crippen LogP contribution in [-0.2, 0) is 4.74 Å². The molecule has 120 valence electrons. The third-order valence-electron chi connectivity index (χ3n) is 4.00. The summed E-state index contributed by atoms with van der Waals surface area (Å²) in [5.74, 6) is 1.49. The van der Waals surface area contributed by atoms with Crippen LogP contribution >= 0.6 is 0 Å². The molecule has 2 rings (SSSR count). The van der Waals surface area contributed by atoms with Gasteiger partial charge in [-0.25, -0.2) is 0 Å². The summed E-state index contributed by atoms with van der Waals surface area (Å²) < 4.78 is 13.7. The SMILES string of the molecule is CCNC(c1c(OC)cnn1C(C)C)C(OCC)C1CC1. The van der Waals surface area contributed by atoms with Crippen molar-refractivity contribution in [1.82, 2.24) is 15.1 Å². The third kappa shape index (κ3) is 3.58. The molecule has 0 spiro atoms. The normalized spacial score (nSPS) is 18.0. The molecule has 0 aromatic carbocycles. The van der Waals surface area contributed by atoms with Gasteiger partial charge in [0.15, 0.2) is 5.75 Å². The zero-order chi connectivity index (χ0) is 15.4. The Balaban J connectivity index is 2.38. The molecule has 1 N–H and O–H groups in total. The monoisotopic (exact) mass is 295 g/mol. The van der Waals surface area contributed by atoms with E-state index in [9.17, 15) is 0 Å². The summed E-state index contributed by atoms with van der Waals surface area (Å²) in [6, 6.07) is 0.425. The molecule has 1 aromatic rings. The molecule has 0 aliphatic heterocycles. The lowest BCUT2D eigenvalue weighted by Gasteiger charge is -2.29. The van der Waals surface area contributed by atoms with Gasteiger partial charge in [-0.2, -0.15) is 5.10 Å². The van der Waals surface area contributed by atoms with Gasteiger partial charge in [-0.05, 0) is 46.1 Å². The number of hydrogen-bond donors (Lipinski definition) is 1. The van der Waals surface area contributed by atoms with Crippen LogP contribution in [0.5, 0.6) is 5.75 Å². The van der Waals surface area contributed by atoms with E-state index in [1.165, 1.54) is 12.8 Å². The van der Waals surface area contributed by atoms with E-state index in [0.717, 1.165) is 24.6 Å². The minimum atomic E-state index is 0.127. The molecule has 1 aliphatic carbocycles. The maximum absolute atomic E-state index is 6.08. The highest BCUT2D eigenvalue weighted by Gasteiger charge is 2.40. The topological polar surface area (TPSA) is 48.3 Å². The zero-order valence-electron chi connectivity index (χ0n) is 13.9. The fourth-order valence-electron chi connectivity index (χ4n) is 2.93. The molecule has 1 fully saturated rings. The lowest BCUT2D eigenvalue weighted by molar-refractivity contribution is 0.0159. The van der Waals surface area contributed by atoms with Crippen molar-refractivity contribution in [3.8, 4) is 5.75 Å². The fourth-order valence-corrected chi connectivity index (χ4v) is 2.93. The number of likely N-dealkylation sites (N-methyl/N-ethyl adjacent to an activating group) is 1. The van der Waals surface area contributed by atoms with Gasteiger partial charge in [-0.15, -0.1) is 0 Å². The number of hydrogen-bond acceptors (Lipinski definition) is 4. The second-order valence-electron chi connectivity index (χ2n) is 5.93. The van der Waals surface area contributed by atoms with E-state index in [2.05, 4.69) is 42.8 Å². The van der Waals surface area contributed by atoms with Crippen LogP contribution in [0.4, 0.5) is 0 Å². The molecule has 1 aliphatic rings. The van der Waals surface area contributed by atoms with Gasteiger partial charge >= 0.3 is 0 Å². The molecule has 0 saturated heterocycles. The highest BCUT2D eigenvalue weighted by Crippen LogP contribution is 2.42. The summed E-state index contributed by atoms with van der Waals surface area (Å²) in [5, 5.41) is 8.10. The summed E-state index contributed by atoms with van der Waals surface area (Å²) in [4.78, 5) is 0. The standard InChI is InChI=1S/C16H29N3O2/c1-6-17-14(16(21-7-2)12-8-9-12)15-13(20-5)10-18-19(15)11(3)4/h10-12,14,16-17H,6-9H2,1-5H3. The van der Waals surface area contributed by atoms with Crippen LogP contribution < -0.4 is 10.1 Å². The van der Waals surface area contributed by atoms with Crippen molar-refractivity contribution in [1.29, 1.82) is 0 Å². The highest BCUT2D eigenvalue weighted by molar-refractivity contribution is 5.30. The van der Waals surface area contributed by atoms with Gasteiger partial charge in [-0.1, -0.05) is 6.92 Å². The Kier molecular flexibility index (Phi) is 5.65. The van der Waals surface area contributed by atoms with Crippen LogP contribution in [0.3, 0.4) is 0 Å². The number of aromatic nitrogens is 2. The number of ether oxygens (including phenoxy) is 2. The Labute approximate surface area is 128 Å². The van der Waals surface area contributed by atoms with E-state index < -0.39 is 0 Å². The number of rotatable bonds is 9. The van der Waals surface area contributed by atoms with Crippen molar-refractivity contribution in [3.63, 3.8) is 0 Å². The summed E-state index contributed by atoms with van der Waals surface area (Å²) in [6.45, 7) is 10.1. The molecule has 0 bridgehead atoms. The average Bonchev–Trinajstić information content (AvgIpc) is 3.21. The molecule has 0 amide bonds. The summed E-state index contributed by atoms with van der Waals surface area (Å²) in [5.41, 5.74) is 1.11. The zero-order valence-corrected chi connectivity index (χ0v) is 13.9. The van der Waals surface area contributed by atoms with Crippen molar-refractivity contribution in [3.05, 3.63) is 11.9 Å². The van der Waals surface area contributed by atoms with Crippen molar-refractivity contribution < 1.29 is 9.47 Å². The Hall–Kier alpha value is -1.07. The average molecular weight is 295 g/mol. The minimum Gasteiger partial charge on any atom is -0.493 e. The number of nitrogens with one attached hydrogen (secondary N) is 1. The van der Waals surface area contributed by atoms with Crippen LogP contribution in [0.2, 0.25) is 0 Å². The van der Waals surface area contributed by atoms with Crippen LogP contribution in [-0.4, -0.2) is 36.1 Å². The largest absolute Gasteiger partial charge is 0.493 e. The Morgan fingerprint density at radius 3 is 2.57 bits per heavy atom. The predicted molar refractivity (Wildman–Crippen MR) is 83.7 cm³/mol. The molecule has 1 heterocycles. The molecule has 21 heavy (non-hydrogen) atoms. The number of nitrogens with zero attached hydrogens (tertiary/aromatic N) is 2. The van der Waals surface area contributed by atoms with Crippen LogP contribution in [0.1, 0.15) is 58.3 Å². The van der Waals surface area contributed by atoms with E-state index in [0.29, 0.717) is 12.0 Å². The predicted octanol–water partition coefficient (Wildman–Crippen LogP) is 2.94. The lowest BCUT2D eigenvalue weighted by Crippen LogP contribution is -2.37. The fraction of sp³-hybridized carbons (Fsp3) is 0.812. The first-order valence-corrected chi connectivity index (χ1v) is 8.10. The van der Waals surface area contributed by atoms with Crippen molar-refractivity contribution >= 4 is 0 Å². The Morgan fingerprint density at radius 1 is 1.38 bits per heavy atom. The highest BCUT2D eigenvalue weighted by atomic mass is 16.5. The molecular weight excluding hydrogens is 266 g/mol. The third-order valence-corrected chi connectivity index (χ3v) is 4.00. The smallest absolute Gasteiger partial charge is 0.161 e.